The van der Waals surface area contributed by atoms with Gasteiger partial charge in [0.15, 0.2) is 0 Å². The molecular formula is C21H15NO. The monoisotopic (exact) mass is 297 g/mol. The Labute approximate surface area is 134 Å². The first kappa shape index (κ1) is 13.5. The number of para-hydroxylation sites is 2. The van der Waals surface area contributed by atoms with Crippen LogP contribution in [-0.2, 0) is 0 Å². The molecule has 0 saturated heterocycles. The molecule has 0 unspecified atom stereocenters. The van der Waals surface area contributed by atoms with Gasteiger partial charge in [-0.2, -0.15) is 0 Å². The minimum atomic E-state index is 0.245. The summed E-state index contributed by atoms with van der Waals surface area (Å²) in [5.41, 5.74) is 4.71. The lowest BCUT2D eigenvalue weighted by atomic mass is 9.98. The van der Waals surface area contributed by atoms with Crippen molar-refractivity contribution in [3.05, 3.63) is 84.9 Å². The van der Waals surface area contributed by atoms with Crippen LogP contribution in [0.2, 0.25) is 0 Å². The fourth-order valence-corrected chi connectivity index (χ4v) is 2.86. The number of phenols is 1. The molecule has 0 spiro atoms. The normalized spacial score (nSPS) is 10.8. The summed E-state index contributed by atoms with van der Waals surface area (Å²) in [7, 11) is 0. The molecular weight excluding hydrogens is 282 g/mol. The van der Waals surface area contributed by atoms with Crippen molar-refractivity contribution < 1.29 is 5.11 Å². The molecule has 0 radical (unpaired) electrons. The highest BCUT2D eigenvalue weighted by atomic mass is 16.3. The number of aromatic nitrogens is 1. The molecule has 1 heterocycles. The largest absolute Gasteiger partial charge is 0.507 e. The summed E-state index contributed by atoms with van der Waals surface area (Å²) in [4.78, 5) is 4.73. The highest BCUT2D eigenvalue weighted by Crippen LogP contribution is 2.34. The van der Waals surface area contributed by atoms with Gasteiger partial charge in [0.2, 0.25) is 0 Å². The maximum absolute atomic E-state index is 10.2. The van der Waals surface area contributed by atoms with E-state index >= 15 is 0 Å². The standard InChI is InChI=1S/C21H15NO/c23-21-13-7-5-11-17(21)20-14-18(15-8-2-1-3-9-15)16-10-4-6-12-19(16)22-20/h1-14,23H. The number of benzene rings is 3. The third-order valence-electron chi connectivity index (χ3n) is 3.98. The topological polar surface area (TPSA) is 33.1 Å². The first-order valence-corrected chi connectivity index (χ1v) is 7.56. The number of hydrogen-bond donors (Lipinski definition) is 1. The second-order valence-corrected chi connectivity index (χ2v) is 5.46. The Bertz CT molecular complexity index is 977. The van der Waals surface area contributed by atoms with Gasteiger partial charge in [-0.05, 0) is 35.4 Å². The van der Waals surface area contributed by atoms with Crippen LogP contribution in [0.15, 0.2) is 84.9 Å². The minimum Gasteiger partial charge on any atom is -0.507 e. The fraction of sp³-hybridized carbons (Fsp3) is 0. The van der Waals surface area contributed by atoms with Crippen molar-refractivity contribution in [3.8, 4) is 28.1 Å². The van der Waals surface area contributed by atoms with Crippen LogP contribution in [-0.4, -0.2) is 10.1 Å². The summed E-state index contributed by atoms with van der Waals surface area (Å²) in [5, 5.41) is 11.3. The predicted octanol–water partition coefficient (Wildman–Crippen LogP) is 5.27. The van der Waals surface area contributed by atoms with Gasteiger partial charge < -0.3 is 5.11 Å². The molecule has 4 rings (SSSR count). The number of pyridine rings is 1. The van der Waals surface area contributed by atoms with Crippen LogP contribution in [0.1, 0.15) is 0 Å². The molecule has 4 aromatic rings. The molecule has 0 aliphatic rings. The number of aromatic hydroxyl groups is 1. The Balaban J connectivity index is 2.04. The van der Waals surface area contributed by atoms with E-state index in [0.717, 1.165) is 33.3 Å². The zero-order chi connectivity index (χ0) is 15.6. The van der Waals surface area contributed by atoms with Gasteiger partial charge in [-0.15, -0.1) is 0 Å². The van der Waals surface area contributed by atoms with E-state index < -0.39 is 0 Å². The van der Waals surface area contributed by atoms with E-state index in [1.807, 2.05) is 60.7 Å². The average Bonchev–Trinajstić information content (AvgIpc) is 2.62. The molecule has 0 atom stereocenters. The third-order valence-corrected chi connectivity index (χ3v) is 3.98. The predicted molar refractivity (Wildman–Crippen MR) is 94.3 cm³/mol. The molecule has 0 aliphatic carbocycles. The van der Waals surface area contributed by atoms with Crippen molar-refractivity contribution in [1.82, 2.24) is 4.98 Å². The van der Waals surface area contributed by atoms with Gasteiger partial charge in [-0.25, -0.2) is 4.98 Å². The van der Waals surface area contributed by atoms with Gasteiger partial charge in [-0.3, -0.25) is 0 Å². The van der Waals surface area contributed by atoms with Crippen molar-refractivity contribution in [1.29, 1.82) is 0 Å². The molecule has 2 nitrogen and oxygen atoms in total. The molecule has 2 heteroatoms. The Morgan fingerprint density at radius 1 is 0.652 bits per heavy atom. The molecule has 0 saturated carbocycles. The maximum Gasteiger partial charge on any atom is 0.124 e. The van der Waals surface area contributed by atoms with Gasteiger partial charge in [0.25, 0.3) is 0 Å². The Morgan fingerprint density at radius 2 is 1.35 bits per heavy atom. The van der Waals surface area contributed by atoms with Crippen LogP contribution in [0.5, 0.6) is 5.75 Å². The van der Waals surface area contributed by atoms with Gasteiger partial charge in [0.1, 0.15) is 5.75 Å². The summed E-state index contributed by atoms with van der Waals surface area (Å²) in [5.74, 6) is 0.245. The van der Waals surface area contributed by atoms with Crippen LogP contribution in [0.3, 0.4) is 0 Å². The Kier molecular flexibility index (Phi) is 3.28. The number of hydrogen-bond acceptors (Lipinski definition) is 2. The van der Waals surface area contributed by atoms with Gasteiger partial charge in [0, 0.05) is 10.9 Å². The first-order valence-electron chi connectivity index (χ1n) is 7.56. The van der Waals surface area contributed by atoms with E-state index in [2.05, 4.69) is 18.2 Å². The highest BCUT2D eigenvalue weighted by Gasteiger charge is 2.11. The van der Waals surface area contributed by atoms with Crippen molar-refractivity contribution >= 4 is 10.9 Å². The van der Waals surface area contributed by atoms with Crippen LogP contribution in [0, 0.1) is 0 Å². The van der Waals surface area contributed by atoms with Crippen molar-refractivity contribution in [2.75, 3.05) is 0 Å². The van der Waals surface area contributed by atoms with E-state index in [1.165, 1.54) is 0 Å². The zero-order valence-electron chi connectivity index (χ0n) is 12.5. The van der Waals surface area contributed by atoms with E-state index in [-0.39, 0.29) is 5.75 Å². The average molecular weight is 297 g/mol. The second-order valence-electron chi connectivity index (χ2n) is 5.46. The van der Waals surface area contributed by atoms with E-state index in [0.29, 0.717) is 0 Å². The van der Waals surface area contributed by atoms with Crippen LogP contribution < -0.4 is 0 Å². The van der Waals surface area contributed by atoms with Crippen molar-refractivity contribution in [2.45, 2.75) is 0 Å². The van der Waals surface area contributed by atoms with E-state index in [1.54, 1.807) is 6.07 Å². The second kappa shape index (κ2) is 5.58. The number of rotatable bonds is 2. The molecule has 0 fully saturated rings. The molecule has 0 bridgehead atoms. The number of phenolic OH excluding ortho intramolecular Hbond substituents is 1. The minimum absolute atomic E-state index is 0.245. The lowest BCUT2D eigenvalue weighted by molar-refractivity contribution is 0.477. The smallest absolute Gasteiger partial charge is 0.124 e. The van der Waals surface area contributed by atoms with Crippen LogP contribution in [0.4, 0.5) is 0 Å². The molecule has 0 amide bonds. The highest BCUT2D eigenvalue weighted by molar-refractivity contribution is 5.96. The van der Waals surface area contributed by atoms with Gasteiger partial charge in [0.05, 0.1) is 11.2 Å². The van der Waals surface area contributed by atoms with Crippen LogP contribution in [0.25, 0.3) is 33.3 Å². The summed E-state index contributed by atoms with van der Waals surface area (Å²) in [6.07, 6.45) is 0. The molecule has 110 valence electrons. The zero-order valence-corrected chi connectivity index (χ0v) is 12.5. The lowest BCUT2D eigenvalue weighted by Gasteiger charge is -2.11. The number of nitrogens with zero attached hydrogens (tertiary/aromatic N) is 1. The summed E-state index contributed by atoms with van der Waals surface area (Å²) in [6, 6.07) is 27.7. The molecule has 1 aromatic heterocycles. The number of fused-ring (bicyclic) bond motifs is 1. The Morgan fingerprint density at radius 3 is 2.17 bits per heavy atom. The van der Waals surface area contributed by atoms with E-state index in [9.17, 15) is 5.11 Å². The quantitative estimate of drug-likeness (QED) is 0.546. The van der Waals surface area contributed by atoms with E-state index in [4.69, 9.17) is 4.98 Å². The SMILES string of the molecule is Oc1ccccc1-c1cc(-c2ccccc2)c2ccccc2n1. The third kappa shape index (κ3) is 2.44. The van der Waals surface area contributed by atoms with Crippen LogP contribution >= 0.6 is 0 Å². The lowest BCUT2D eigenvalue weighted by Crippen LogP contribution is -1.90. The van der Waals surface area contributed by atoms with Gasteiger partial charge >= 0.3 is 0 Å². The summed E-state index contributed by atoms with van der Waals surface area (Å²) in [6.45, 7) is 0. The maximum atomic E-state index is 10.2. The molecule has 1 N–H and O–H groups in total. The van der Waals surface area contributed by atoms with Gasteiger partial charge in [-0.1, -0.05) is 60.7 Å². The Hall–Kier alpha value is -3.13. The summed E-state index contributed by atoms with van der Waals surface area (Å²) < 4.78 is 0. The fourth-order valence-electron chi connectivity index (χ4n) is 2.86. The first-order chi connectivity index (χ1) is 11.3. The molecule has 3 aromatic carbocycles. The molecule has 23 heavy (non-hydrogen) atoms. The summed E-state index contributed by atoms with van der Waals surface area (Å²) >= 11 is 0. The molecule has 0 aliphatic heterocycles. The van der Waals surface area contributed by atoms with Crippen molar-refractivity contribution in [3.63, 3.8) is 0 Å². The van der Waals surface area contributed by atoms with Crippen molar-refractivity contribution in [2.24, 2.45) is 0 Å².